The zero-order valence-electron chi connectivity index (χ0n) is 12.7. The fourth-order valence-electron chi connectivity index (χ4n) is 2.58. The van der Waals surface area contributed by atoms with Gasteiger partial charge in [-0.2, -0.15) is 10.5 Å². The number of amides is 1. The number of rotatable bonds is 3. The molecule has 2 heterocycles. The summed E-state index contributed by atoms with van der Waals surface area (Å²) >= 11 is 0. The number of nitriles is 1. The molecule has 1 aliphatic heterocycles. The minimum absolute atomic E-state index is 0.00204. The van der Waals surface area contributed by atoms with Crippen LogP contribution in [0.3, 0.4) is 0 Å². The van der Waals surface area contributed by atoms with Crippen molar-refractivity contribution in [2.24, 2.45) is 0 Å². The molecule has 3 rings (SSSR count). The zero-order valence-corrected chi connectivity index (χ0v) is 12.7. The number of fused-ring (bicyclic) bond motifs is 1. The maximum Gasteiger partial charge on any atom is 0.230 e. The minimum Gasteiger partial charge on any atom is -0.360 e. The van der Waals surface area contributed by atoms with E-state index in [1.807, 2.05) is 38.1 Å². The molecule has 0 bridgehead atoms. The lowest BCUT2D eigenvalue weighted by Gasteiger charge is -2.32. The number of H-pyrrole nitrogens is 1. The summed E-state index contributed by atoms with van der Waals surface area (Å²) in [5.41, 5.74) is 2.46. The van der Waals surface area contributed by atoms with Gasteiger partial charge in [-0.05, 0) is 36.3 Å². The predicted octanol–water partition coefficient (Wildman–Crippen LogP) is 1.08. The fraction of sp³-hybridized carbons (Fsp3) is 0.267. The molecule has 0 radical (unpaired) electrons. The number of benzene rings is 1. The average molecular weight is 309 g/mol. The van der Waals surface area contributed by atoms with Crippen LogP contribution in [0.1, 0.15) is 30.8 Å². The van der Waals surface area contributed by atoms with Crippen LogP contribution in [0, 0.1) is 11.3 Å². The van der Waals surface area contributed by atoms with Crippen molar-refractivity contribution in [1.82, 2.24) is 25.9 Å². The number of aromatic amines is 1. The van der Waals surface area contributed by atoms with Crippen molar-refractivity contribution in [2.75, 3.05) is 5.32 Å². The molecule has 0 aliphatic carbocycles. The van der Waals surface area contributed by atoms with E-state index in [2.05, 4.69) is 31.3 Å². The van der Waals surface area contributed by atoms with Crippen LogP contribution >= 0.6 is 0 Å². The zero-order chi connectivity index (χ0) is 16.4. The molecule has 0 unspecified atom stereocenters. The molecule has 1 aromatic heterocycles. The Kier molecular flexibility index (Phi) is 3.54. The third kappa shape index (κ3) is 2.53. The molecular weight excluding hydrogens is 294 g/mol. The third-order valence-corrected chi connectivity index (χ3v) is 3.92. The summed E-state index contributed by atoms with van der Waals surface area (Å²) in [6.45, 7) is 4.22. The van der Waals surface area contributed by atoms with Crippen molar-refractivity contribution in [2.45, 2.75) is 25.8 Å². The first kappa shape index (κ1) is 14.7. The Morgan fingerprint density at radius 3 is 3.00 bits per heavy atom. The molecule has 1 amide bonds. The molecule has 0 atom stereocenters. The van der Waals surface area contributed by atoms with Gasteiger partial charge in [0.05, 0.1) is 5.41 Å². The monoisotopic (exact) mass is 309 g/mol. The first-order valence-corrected chi connectivity index (χ1v) is 7.05. The summed E-state index contributed by atoms with van der Waals surface area (Å²) < 4.78 is 0. The van der Waals surface area contributed by atoms with Gasteiger partial charge in [-0.15, -0.1) is 10.2 Å². The van der Waals surface area contributed by atoms with Crippen molar-refractivity contribution in [3.63, 3.8) is 0 Å². The van der Waals surface area contributed by atoms with E-state index < -0.39 is 5.41 Å². The Morgan fingerprint density at radius 1 is 1.48 bits per heavy atom. The normalized spacial score (nSPS) is 16.2. The van der Waals surface area contributed by atoms with Gasteiger partial charge in [-0.1, -0.05) is 12.1 Å². The van der Waals surface area contributed by atoms with Gasteiger partial charge in [-0.25, -0.2) is 0 Å². The van der Waals surface area contributed by atoms with E-state index in [4.69, 9.17) is 0 Å². The standard InChI is InChI=1S/C15H15N7O/c1-15(2)11-4-3-5-12(10(11)8-18-14(15)23)17-7-9(6-16)13-19-21-22-20-13/h3-5,7,17H,8H2,1-2H3,(H,18,23)(H,19,20,21,22). The minimum atomic E-state index is -0.597. The molecule has 0 saturated carbocycles. The van der Waals surface area contributed by atoms with Crippen LogP contribution in [0.15, 0.2) is 24.4 Å². The highest BCUT2D eigenvalue weighted by Gasteiger charge is 2.36. The van der Waals surface area contributed by atoms with E-state index >= 15 is 0 Å². The molecule has 116 valence electrons. The van der Waals surface area contributed by atoms with Crippen molar-refractivity contribution in [3.8, 4) is 6.07 Å². The smallest absolute Gasteiger partial charge is 0.230 e. The number of tetrazole rings is 1. The van der Waals surface area contributed by atoms with Gasteiger partial charge in [0.2, 0.25) is 11.7 Å². The molecule has 1 aliphatic rings. The Hall–Kier alpha value is -3.21. The Bertz CT molecular complexity index is 815. The summed E-state index contributed by atoms with van der Waals surface area (Å²) in [4.78, 5) is 12.0. The van der Waals surface area contributed by atoms with Crippen molar-refractivity contribution in [1.29, 1.82) is 5.26 Å². The van der Waals surface area contributed by atoms with E-state index in [1.54, 1.807) is 0 Å². The van der Waals surface area contributed by atoms with Crippen LogP contribution in [0.5, 0.6) is 0 Å². The molecule has 8 heteroatoms. The van der Waals surface area contributed by atoms with Gasteiger partial charge >= 0.3 is 0 Å². The number of allylic oxidation sites excluding steroid dienone is 1. The first-order chi connectivity index (χ1) is 11.0. The number of carbonyl (C=O) groups is 1. The molecule has 8 nitrogen and oxygen atoms in total. The van der Waals surface area contributed by atoms with E-state index in [9.17, 15) is 10.1 Å². The van der Waals surface area contributed by atoms with E-state index in [1.165, 1.54) is 6.20 Å². The maximum atomic E-state index is 12.0. The Labute approximate surface area is 132 Å². The van der Waals surface area contributed by atoms with Crippen LogP contribution in [-0.4, -0.2) is 26.5 Å². The number of anilines is 1. The number of nitrogens with one attached hydrogen (secondary N) is 3. The van der Waals surface area contributed by atoms with Crippen LogP contribution < -0.4 is 10.6 Å². The molecular formula is C15H15N7O. The molecule has 0 fully saturated rings. The molecule has 1 aromatic carbocycles. The largest absolute Gasteiger partial charge is 0.360 e. The van der Waals surface area contributed by atoms with Crippen LogP contribution in [0.4, 0.5) is 5.69 Å². The van der Waals surface area contributed by atoms with Crippen molar-refractivity contribution >= 4 is 17.2 Å². The molecule has 23 heavy (non-hydrogen) atoms. The highest BCUT2D eigenvalue weighted by atomic mass is 16.2. The second-order valence-electron chi connectivity index (χ2n) is 5.69. The van der Waals surface area contributed by atoms with Crippen molar-refractivity contribution < 1.29 is 4.79 Å². The van der Waals surface area contributed by atoms with Gasteiger partial charge in [0.15, 0.2) is 0 Å². The summed E-state index contributed by atoms with van der Waals surface area (Å²) in [5, 5.41) is 28.5. The maximum absolute atomic E-state index is 12.0. The van der Waals surface area contributed by atoms with Crippen molar-refractivity contribution in [3.05, 3.63) is 41.4 Å². The average Bonchev–Trinajstić information content (AvgIpc) is 3.06. The number of hydrogen-bond acceptors (Lipinski definition) is 6. The van der Waals surface area contributed by atoms with E-state index in [-0.39, 0.29) is 17.3 Å². The highest BCUT2D eigenvalue weighted by Crippen LogP contribution is 2.34. The van der Waals surface area contributed by atoms with Gasteiger partial charge in [-0.3, -0.25) is 4.79 Å². The second kappa shape index (κ2) is 5.53. The lowest BCUT2D eigenvalue weighted by atomic mass is 9.78. The highest BCUT2D eigenvalue weighted by molar-refractivity contribution is 5.90. The molecule has 0 spiro atoms. The second-order valence-corrected chi connectivity index (χ2v) is 5.69. The summed E-state index contributed by atoms with van der Waals surface area (Å²) in [6, 6.07) is 7.76. The predicted molar refractivity (Wildman–Crippen MR) is 82.7 cm³/mol. The molecule has 3 N–H and O–H groups in total. The van der Waals surface area contributed by atoms with Gasteiger partial charge in [0.1, 0.15) is 11.6 Å². The van der Waals surface area contributed by atoms with E-state index in [0.717, 1.165) is 16.8 Å². The van der Waals surface area contributed by atoms with Gasteiger partial charge in [0, 0.05) is 18.4 Å². The topological polar surface area (TPSA) is 119 Å². The lowest BCUT2D eigenvalue weighted by Crippen LogP contribution is -2.44. The SMILES string of the molecule is CC1(C)C(=O)NCc2c(NC=C(C#N)c3nn[nH]n3)cccc21. The van der Waals surface area contributed by atoms with Crippen LogP contribution in [-0.2, 0) is 16.8 Å². The Balaban J connectivity index is 1.96. The fourth-order valence-corrected chi connectivity index (χ4v) is 2.58. The van der Waals surface area contributed by atoms with Gasteiger partial charge < -0.3 is 10.6 Å². The number of nitrogens with zero attached hydrogens (tertiary/aromatic N) is 4. The first-order valence-electron chi connectivity index (χ1n) is 7.05. The Morgan fingerprint density at radius 2 is 2.30 bits per heavy atom. The molecule has 0 saturated heterocycles. The quantitative estimate of drug-likeness (QED) is 0.730. The molecule has 2 aromatic rings. The van der Waals surface area contributed by atoms with E-state index in [0.29, 0.717) is 6.54 Å². The van der Waals surface area contributed by atoms with Crippen LogP contribution in [0.25, 0.3) is 5.57 Å². The summed E-state index contributed by atoms with van der Waals surface area (Å²) in [5.74, 6) is 0.223. The van der Waals surface area contributed by atoms with Gasteiger partial charge in [0.25, 0.3) is 0 Å². The van der Waals surface area contributed by atoms with Crippen LogP contribution in [0.2, 0.25) is 0 Å². The lowest BCUT2D eigenvalue weighted by molar-refractivity contribution is -0.126. The number of aromatic nitrogens is 4. The third-order valence-electron chi connectivity index (χ3n) is 3.92. The summed E-state index contributed by atoms with van der Waals surface area (Å²) in [7, 11) is 0. The number of hydrogen-bond donors (Lipinski definition) is 3. The summed E-state index contributed by atoms with van der Waals surface area (Å²) in [6.07, 6.45) is 1.53. The number of carbonyl (C=O) groups excluding carboxylic acids is 1.